The smallest absolute Gasteiger partial charge is 0.363 e. The SMILES string of the molecule is O=C1OC(c2ccc(F)cc2F)=N/C1=C\c1ccc(N2CCOCC2)s1. The second kappa shape index (κ2) is 6.97. The molecule has 0 bridgehead atoms. The summed E-state index contributed by atoms with van der Waals surface area (Å²) in [6.45, 7) is 3.03. The number of hydrogen-bond donors (Lipinski definition) is 0. The number of rotatable bonds is 3. The van der Waals surface area contributed by atoms with Crippen molar-refractivity contribution in [2.75, 3.05) is 31.2 Å². The molecular formula is C18H14F2N2O3S. The average Bonchev–Trinajstić information content (AvgIpc) is 3.23. The molecule has 2 aromatic rings. The molecule has 5 nitrogen and oxygen atoms in total. The Balaban J connectivity index is 1.58. The first-order chi connectivity index (χ1) is 12.6. The fraction of sp³-hybridized carbons (Fsp3) is 0.222. The lowest BCUT2D eigenvalue weighted by molar-refractivity contribution is -0.129. The van der Waals surface area contributed by atoms with Gasteiger partial charge in [0.1, 0.15) is 11.6 Å². The van der Waals surface area contributed by atoms with Gasteiger partial charge in [-0.25, -0.2) is 18.6 Å². The van der Waals surface area contributed by atoms with E-state index in [1.807, 2.05) is 12.1 Å². The van der Waals surface area contributed by atoms with Crippen molar-refractivity contribution in [3.8, 4) is 0 Å². The lowest BCUT2D eigenvalue weighted by Crippen LogP contribution is -2.35. The zero-order valence-electron chi connectivity index (χ0n) is 13.6. The van der Waals surface area contributed by atoms with Gasteiger partial charge >= 0.3 is 5.97 Å². The highest BCUT2D eigenvalue weighted by Crippen LogP contribution is 2.30. The molecule has 2 aliphatic rings. The van der Waals surface area contributed by atoms with Crippen LogP contribution in [0.1, 0.15) is 10.4 Å². The highest BCUT2D eigenvalue weighted by molar-refractivity contribution is 7.16. The van der Waals surface area contributed by atoms with E-state index < -0.39 is 17.6 Å². The summed E-state index contributed by atoms with van der Waals surface area (Å²) in [6.07, 6.45) is 1.60. The minimum Gasteiger partial charge on any atom is -0.402 e. The molecule has 26 heavy (non-hydrogen) atoms. The molecule has 1 saturated heterocycles. The molecule has 0 saturated carbocycles. The van der Waals surface area contributed by atoms with E-state index in [0.717, 1.165) is 35.1 Å². The lowest BCUT2D eigenvalue weighted by atomic mass is 10.2. The number of nitrogens with zero attached hydrogens (tertiary/aromatic N) is 2. The highest BCUT2D eigenvalue weighted by atomic mass is 32.1. The number of benzene rings is 1. The zero-order valence-corrected chi connectivity index (χ0v) is 14.4. The molecule has 3 heterocycles. The topological polar surface area (TPSA) is 51.1 Å². The van der Waals surface area contributed by atoms with E-state index >= 15 is 0 Å². The molecule has 134 valence electrons. The summed E-state index contributed by atoms with van der Waals surface area (Å²) in [5.41, 5.74) is 0.0300. The third-order valence-electron chi connectivity index (χ3n) is 4.00. The summed E-state index contributed by atoms with van der Waals surface area (Å²) < 4.78 is 37.2. The van der Waals surface area contributed by atoms with Gasteiger partial charge in [0.25, 0.3) is 0 Å². The number of hydrogen-bond acceptors (Lipinski definition) is 6. The van der Waals surface area contributed by atoms with Crippen molar-refractivity contribution in [3.63, 3.8) is 0 Å². The van der Waals surface area contributed by atoms with Crippen LogP contribution in [0.3, 0.4) is 0 Å². The van der Waals surface area contributed by atoms with Crippen molar-refractivity contribution in [1.29, 1.82) is 0 Å². The molecule has 2 aliphatic heterocycles. The van der Waals surface area contributed by atoms with E-state index in [2.05, 4.69) is 9.89 Å². The number of ether oxygens (including phenoxy) is 2. The molecule has 4 rings (SSSR count). The largest absolute Gasteiger partial charge is 0.402 e. The molecule has 0 unspecified atom stereocenters. The summed E-state index contributed by atoms with van der Waals surface area (Å²) in [5, 5.41) is 1.08. The van der Waals surface area contributed by atoms with E-state index in [4.69, 9.17) is 9.47 Å². The van der Waals surface area contributed by atoms with Gasteiger partial charge in [0.2, 0.25) is 5.90 Å². The van der Waals surface area contributed by atoms with Gasteiger partial charge in [-0.15, -0.1) is 11.3 Å². The van der Waals surface area contributed by atoms with Gasteiger partial charge in [-0.3, -0.25) is 0 Å². The number of anilines is 1. The van der Waals surface area contributed by atoms with Gasteiger partial charge < -0.3 is 14.4 Å². The third kappa shape index (κ3) is 3.38. The summed E-state index contributed by atoms with van der Waals surface area (Å²) in [6, 6.07) is 6.88. The zero-order chi connectivity index (χ0) is 18.1. The quantitative estimate of drug-likeness (QED) is 0.610. The number of thiophene rings is 1. The third-order valence-corrected chi connectivity index (χ3v) is 5.09. The van der Waals surface area contributed by atoms with Crippen LogP contribution in [0.15, 0.2) is 41.0 Å². The summed E-state index contributed by atoms with van der Waals surface area (Å²) in [7, 11) is 0. The Labute approximate surface area is 152 Å². The monoisotopic (exact) mass is 376 g/mol. The predicted molar refractivity (Wildman–Crippen MR) is 94.3 cm³/mol. The minimum absolute atomic E-state index is 0.0525. The van der Waals surface area contributed by atoms with Crippen LogP contribution in [0, 0.1) is 11.6 Å². The normalized spacial score (nSPS) is 19.0. The Morgan fingerprint density at radius 1 is 1.15 bits per heavy atom. The molecule has 8 heteroatoms. The number of aliphatic imine (C=N–C) groups is 1. The van der Waals surface area contributed by atoms with Crippen molar-refractivity contribution in [3.05, 3.63) is 58.1 Å². The first kappa shape index (κ1) is 16.9. The molecule has 0 N–H and O–H groups in total. The Bertz CT molecular complexity index is 917. The van der Waals surface area contributed by atoms with Crippen LogP contribution < -0.4 is 4.90 Å². The second-order valence-electron chi connectivity index (χ2n) is 5.74. The Morgan fingerprint density at radius 2 is 1.96 bits per heavy atom. The molecule has 0 aliphatic carbocycles. The number of halogens is 2. The van der Waals surface area contributed by atoms with Gasteiger partial charge in [-0.05, 0) is 30.3 Å². The number of carbonyl (C=O) groups excluding carboxylic acids is 1. The lowest BCUT2D eigenvalue weighted by Gasteiger charge is -2.27. The van der Waals surface area contributed by atoms with Crippen LogP contribution in [0.25, 0.3) is 6.08 Å². The van der Waals surface area contributed by atoms with E-state index in [-0.39, 0.29) is 17.2 Å². The van der Waals surface area contributed by atoms with Crippen LogP contribution in [0.4, 0.5) is 13.8 Å². The molecule has 1 aromatic heterocycles. The van der Waals surface area contributed by atoms with E-state index in [9.17, 15) is 13.6 Å². The molecule has 0 amide bonds. The molecular weight excluding hydrogens is 362 g/mol. The van der Waals surface area contributed by atoms with Gasteiger partial charge in [0.05, 0.1) is 23.8 Å². The average molecular weight is 376 g/mol. The van der Waals surface area contributed by atoms with Crippen LogP contribution in [0.5, 0.6) is 0 Å². The van der Waals surface area contributed by atoms with Crippen molar-refractivity contribution in [2.45, 2.75) is 0 Å². The Hall–Kier alpha value is -2.58. The van der Waals surface area contributed by atoms with Crippen LogP contribution in [-0.4, -0.2) is 38.2 Å². The molecule has 0 spiro atoms. The van der Waals surface area contributed by atoms with Crippen LogP contribution in [-0.2, 0) is 14.3 Å². The summed E-state index contributed by atoms with van der Waals surface area (Å²) in [5.74, 6) is -2.36. The maximum absolute atomic E-state index is 13.8. The van der Waals surface area contributed by atoms with Gasteiger partial charge in [0, 0.05) is 24.0 Å². The predicted octanol–water partition coefficient (Wildman–Crippen LogP) is 3.21. The van der Waals surface area contributed by atoms with Crippen molar-refractivity contribution in [1.82, 2.24) is 0 Å². The van der Waals surface area contributed by atoms with Crippen molar-refractivity contribution in [2.24, 2.45) is 4.99 Å². The highest BCUT2D eigenvalue weighted by Gasteiger charge is 2.26. The molecule has 1 aromatic carbocycles. The fourth-order valence-electron chi connectivity index (χ4n) is 2.70. The Morgan fingerprint density at radius 3 is 2.73 bits per heavy atom. The first-order valence-corrected chi connectivity index (χ1v) is 8.82. The van der Waals surface area contributed by atoms with Crippen molar-refractivity contribution < 1.29 is 23.0 Å². The van der Waals surface area contributed by atoms with Crippen molar-refractivity contribution >= 4 is 34.3 Å². The number of carbonyl (C=O) groups is 1. The molecule has 0 radical (unpaired) electrons. The van der Waals surface area contributed by atoms with E-state index in [1.165, 1.54) is 17.4 Å². The number of cyclic esters (lactones) is 1. The summed E-state index contributed by atoms with van der Waals surface area (Å²) in [4.78, 5) is 19.1. The first-order valence-electron chi connectivity index (χ1n) is 8.01. The van der Waals surface area contributed by atoms with Gasteiger partial charge in [0.15, 0.2) is 5.70 Å². The van der Waals surface area contributed by atoms with E-state index in [0.29, 0.717) is 13.2 Å². The van der Waals surface area contributed by atoms with Gasteiger partial charge in [-0.1, -0.05) is 0 Å². The number of esters is 1. The molecule has 0 atom stereocenters. The minimum atomic E-state index is -0.830. The maximum Gasteiger partial charge on any atom is 0.363 e. The van der Waals surface area contributed by atoms with E-state index in [1.54, 1.807) is 6.08 Å². The van der Waals surface area contributed by atoms with Gasteiger partial charge in [-0.2, -0.15) is 0 Å². The maximum atomic E-state index is 13.8. The standard InChI is InChI=1S/C18H14F2N2O3S/c19-11-1-3-13(14(20)9-11)17-21-15(18(23)25-17)10-12-2-4-16(26-12)22-5-7-24-8-6-22/h1-4,9-10H,5-8H2/b15-10-. The van der Waals surface area contributed by atoms with Crippen LogP contribution in [0.2, 0.25) is 0 Å². The molecule has 1 fully saturated rings. The Kier molecular flexibility index (Phi) is 4.52. The second-order valence-corrected chi connectivity index (χ2v) is 6.83. The fourth-order valence-corrected chi connectivity index (χ4v) is 3.69. The van der Waals surface area contributed by atoms with Crippen LogP contribution >= 0.6 is 11.3 Å². The summed E-state index contributed by atoms with van der Waals surface area (Å²) >= 11 is 1.52. The number of morpholine rings is 1.